The molecular formula is C26H32N2O6S. The van der Waals surface area contributed by atoms with Crippen LogP contribution in [0.2, 0.25) is 0 Å². The summed E-state index contributed by atoms with van der Waals surface area (Å²) in [7, 11) is 1.25. The van der Waals surface area contributed by atoms with Gasteiger partial charge >= 0.3 is 12.1 Å². The standard InChI is InChI=1S/C26H32N2O6S/c1-33-25(31)22(28-24(30)23(29)16-35-2)13-7-8-14-27-26(32)34-15-21-19-11-5-3-9-17(19)18-10-4-6-12-20(18)21/h3-6,9-12,21-23,29H,7-8,13-16H2,1-2H3,(H,27,32)(H,28,30)/t22-,23?/m0/s1. The van der Waals surface area contributed by atoms with E-state index in [0.717, 1.165) is 11.1 Å². The highest BCUT2D eigenvalue weighted by Gasteiger charge is 2.29. The maximum absolute atomic E-state index is 12.3. The number of hydrogen-bond acceptors (Lipinski definition) is 7. The van der Waals surface area contributed by atoms with E-state index in [9.17, 15) is 19.5 Å². The van der Waals surface area contributed by atoms with Gasteiger partial charge in [-0.1, -0.05) is 48.5 Å². The fraction of sp³-hybridized carbons (Fsp3) is 0.423. The van der Waals surface area contributed by atoms with Gasteiger partial charge in [-0.3, -0.25) is 4.79 Å². The largest absolute Gasteiger partial charge is 0.467 e. The third-order valence-corrected chi connectivity index (χ3v) is 6.61. The quantitative estimate of drug-likeness (QED) is 0.303. The minimum atomic E-state index is -1.19. The second-order valence-corrected chi connectivity index (χ2v) is 9.21. The summed E-state index contributed by atoms with van der Waals surface area (Å²) in [4.78, 5) is 36.3. The van der Waals surface area contributed by atoms with Crippen LogP contribution in [0.15, 0.2) is 48.5 Å². The van der Waals surface area contributed by atoms with E-state index >= 15 is 0 Å². The molecule has 0 bridgehead atoms. The van der Waals surface area contributed by atoms with Crippen molar-refractivity contribution in [1.82, 2.24) is 10.6 Å². The summed E-state index contributed by atoms with van der Waals surface area (Å²) in [5.41, 5.74) is 4.65. The van der Waals surface area contributed by atoms with Crippen LogP contribution >= 0.6 is 11.8 Å². The molecule has 0 radical (unpaired) electrons. The van der Waals surface area contributed by atoms with E-state index in [-0.39, 0.29) is 18.3 Å². The van der Waals surface area contributed by atoms with Crippen LogP contribution in [0, 0.1) is 0 Å². The Morgan fingerprint density at radius 1 is 1.03 bits per heavy atom. The first-order valence-corrected chi connectivity index (χ1v) is 13.0. The number of carbonyl (C=O) groups excluding carboxylic acids is 3. The van der Waals surface area contributed by atoms with Gasteiger partial charge in [-0.05, 0) is 47.8 Å². The van der Waals surface area contributed by atoms with Crippen LogP contribution in [0.3, 0.4) is 0 Å². The van der Waals surface area contributed by atoms with Gasteiger partial charge in [0.1, 0.15) is 18.8 Å². The lowest BCUT2D eigenvalue weighted by molar-refractivity contribution is -0.146. The summed E-state index contributed by atoms with van der Waals surface area (Å²) in [5.74, 6) is -0.936. The maximum Gasteiger partial charge on any atom is 0.407 e. The molecule has 0 aromatic heterocycles. The number of unbranched alkanes of at least 4 members (excludes halogenated alkanes) is 1. The molecule has 3 N–H and O–H groups in total. The number of carbonyl (C=O) groups is 3. The summed E-state index contributed by atoms with van der Waals surface area (Å²) in [6.45, 7) is 0.613. The number of esters is 1. The van der Waals surface area contributed by atoms with Crippen molar-refractivity contribution < 1.29 is 29.0 Å². The van der Waals surface area contributed by atoms with Crippen molar-refractivity contribution in [3.63, 3.8) is 0 Å². The van der Waals surface area contributed by atoms with E-state index in [1.165, 1.54) is 30.0 Å². The molecule has 1 aliphatic carbocycles. The van der Waals surface area contributed by atoms with Crippen LogP contribution in [-0.2, 0) is 19.1 Å². The summed E-state index contributed by atoms with van der Waals surface area (Å²) < 4.78 is 10.3. The molecule has 8 nitrogen and oxygen atoms in total. The van der Waals surface area contributed by atoms with E-state index in [0.29, 0.717) is 25.8 Å². The van der Waals surface area contributed by atoms with Crippen LogP contribution < -0.4 is 10.6 Å². The molecule has 0 saturated heterocycles. The van der Waals surface area contributed by atoms with Gasteiger partial charge in [-0.2, -0.15) is 11.8 Å². The average Bonchev–Trinajstić information content (AvgIpc) is 3.19. The van der Waals surface area contributed by atoms with Crippen molar-refractivity contribution in [2.75, 3.05) is 32.3 Å². The summed E-state index contributed by atoms with van der Waals surface area (Å²) in [6.07, 6.45) is 1.56. The lowest BCUT2D eigenvalue weighted by Crippen LogP contribution is -2.46. The lowest BCUT2D eigenvalue weighted by atomic mass is 9.98. The molecule has 2 amide bonds. The zero-order valence-electron chi connectivity index (χ0n) is 20.0. The predicted molar refractivity (Wildman–Crippen MR) is 135 cm³/mol. The van der Waals surface area contributed by atoms with Crippen LogP contribution in [0.5, 0.6) is 0 Å². The number of benzene rings is 2. The minimum Gasteiger partial charge on any atom is -0.467 e. The molecule has 2 atom stereocenters. The Morgan fingerprint density at radius 3 is 2.26 bits per heavy atom. The molecule has 9 heteroatoms. The zero-order chi connectivity index (χ0) is 25.2. The molecule has 0 fully saturated rings. The van der Waals surface area contributed by atoms with Crippen LogP contribution in [0.1, 0.15) is 36.3 Å². The first kappa shape index (κ1) is 26.6. The normalized spacial score (nSPS) is 13.8. The highest BCUT2D eigenvalue weighted by Crippen LogP contribution is 2.44. The second-order valence-electron chi connectivity index (χ2n) is 8.30. The SMILES string of the molecule is COC(=O)[C@H](CCCCNC(=O)OCC1c2ccccc2-c2ccccc21)NC(=O)C(O)CSC. The Hall–Kier alpha value is -3.04. The summed E-state index contributed by atoms with van der Waals surface area (Å²) >= 11 is 1.33. The number of aliphatic hydroxyl groups is 1. The molecule has 1 aliphatic rings. The van der Waals surface area contributed by atoms with E-state index in [1.807, 2.05) is 24.3 Å². The lowest BCUT2D eigenvalue weighted by Gasteiger charge is -2.18. The monoisotopic (exact) mass is 500 g/mol. The zero-order valence-corrected chi connectivity index (χ0v) is 20.8. The molecule has 1 unspecified atom stereocenters. The number of aliphatic hydroxyl groups excluding tert-OH is 1. The number of amides is 2. The third-order valence-electron chi connectivity index (χ3n) is 5.96. The van der Waals surface area contributed by atoms with Gasteiger partial charge in [0.05, 0.1) is 7.11 Å². The number of hydrogen-bond donors (Lipinski definition) is 3. The van der Waals surface area contributed by atoms with Crippen molar-refractivity contribution in [1.29, 1.82) is 0 Å². The number of ether oxygens (including phenoxy) is 2. The first-order chi connectivity index (χ1) is 17.0. The number of alkyl carbamates (subject to hydrolysis) is 1. The van der Waals surface area contributed by atoms with Crippen LogP contribution in [0.4, 0.5) is 4.79 Å². The number of methoxy groups -OCH3 is 1. The van der Waals surface area contributed by atoms with Gasteiger partial charge in [0.15, 0.2) is 0 Å². The molecule has 3 rings (SSSR count). The summed E-state index contributed by atoms with van der Waals surface area (Å²) in [6, 6.07) is 15.5. The molecule has 2 aromatic carbocycles. The summed E-state index contributed by atoms with van der Waals surface area (Å²) in [5, 5.41) is 15.1. The van der Waals surface area contributed by atoms with Gasteiger partial charge in [0.25, 0.3) is 0 Å². The van der Waals surface area contributed by atoms with Crippen molar-refractivity contribution in [2.45, 2.75) is 37.3 Å². The molecule has 0 saturated carbocycles. The molecule has 0 aliphatic heterocycles. The van der Waals surface area contributed by atoms with E-state index < -0.39 is 30.1 Å². The number of fused-ring (bicyclic) bond motifs is 3. The third kappa shape index (κ3) is 6.99. The highest BCUT2D eigenvalue weighted by molar-refractivity contribution is 7.98. The van der Waals surface area contributed by atoms with Gasteiger partial charge in [-0.25, -0.2) is 9.59 Å². The molecule has 188 valence electrons. The van der Waals surface area contributed by atoms with Crippen molar-refractivity contribution in [3.05, 3.63) is 59.7 Å². The Bertz CT molecular complexity index is 985. The Labute approximate surface area is 209 Å². The van der Waals surface area contributed by atoms with E-state index in [1.54, 1.807) is 6.26 Å². The number of thioether (sulfide) groups is 1. The molecule has 2 aromatic rings. The first-order valence-electron chi connectivity index (χ1n) is 11.6. The highest BCUT2D eigenvalue weighted by atomic mass is 32.2. The van der Waals surface area contributed by atoms with Gasteiger partial charge < -0.3 is 25.2 Å². The Kier molecular flexibility index (Phi) is 9.98. The molecular weight excluding hydrogens is 468 g/mol. The topological polar surface area (TPSA) is 114 Å². The number of nitrogens with one attached hydrogen (secondary N) is 2. The average molecular weight is 501 g/mol. The van der Waals surface area contributed by atoms with Gasteiger partial charge in [0.2, 0.25) is 5.91 Å². The predicted octanol–water partition coefficient (Wildman–Crippen LogP) is 3.08. The van der Waals surface area contributed by atoms with E-state index in [4.69, 9.17) is 9.47 Å². The fourth-order valence-corrected chi connectivity index (χ4v) is 4.67. The Morgan fingerprint density at radius 2 is 1.66 bits per heavy atom. The van der Waals surface area contributed by atoms with Crippen molar-refractivity contribution >= 4 is 29.7 Å². The number of rotatable bonds is 12. The Balaban J connectivity index is 1.41. The van der Waals surface area contributed by atoms with Gasteiger partial charge in [-0.15, -0.1) is 0 Å². The van der Waals surface area contributed by atoms with Crippen LogP contribution in [-0.4, -0.2) is 67.5 Å². The smallest absolute Gasteiger partial charge is 0.407 e. The van der Waals surface area contributed by atoms with Crippen molar-refractivity contribution in [3.8, 4) is 11.1 Å². The minimum absolute atomic E-state index is 0.000894. The maximum atomic E-state index is 12.3. The van der Waals surface area contributed by atoms with Crippen LogP contribution in [0.25, 0.3) is 11.1 Å². The van der Waals surface area contributed by atoms with Gasteiger partial charge in [0, 0.05) is 18.2 Å². The van der Waals surface area contributed by atoms with E-state index in [2.05, 4.69) is 34.9 Å². The second kappa shape index (κ2) is 13.2. The molecule has 0 spiro atoms. The molecule has 35 heavy (non-hydrogen) atoms. The fourth-order valence-electron chi connectivity index (χ4n) is 4.21. The molecule has 0 heterocycles. The van der Waals surface area contributed by atoms with Crippen molar-refractivity contribution in [2.24, 2.45) is 0 Å².